The van der Waals surface area contributed by atoms with E-state index in [2.05, 4.69) is 16.0 Å². The maximum absolute atomic E-state index is 13.5. The summed E-state index contributed by atoms with van der Waals surface area (Å²) in [6.45, 7) is 3.67. The van der Waals surface area contributed by atoms with Gasteiger partial charge in [0.2, 0.25) is 47.4 Å². The maximum Gasteiger partial charge on any atom is 0.336 e. The molecule has 1 aliphatic heterocycles. The van der Waals surface area contributed by atoms with Crippen LogP contribution in [0.4, 0.5) is 0 Å². The molecule has 10 unspecified atom stereocenters. The summed E-state index contributed by atoms with van der Waals surface area (Å²) in [7, 11) is 0. The number of carboxylic acids is 1. The van der Waals surface area contributed by atoms with Gasteiger partial charge in [-0.2, -0.15) is 0 Å². The van der Waals surface area contributed by atoms with Crippen molar-refractivity contribution in [1.82, 2.24) is 42.5 Å². The first-order valence-corrected chi connectivity index (χ1v) is 16.8. The Morgan fingerprint density at radius 1 is 0.768 bits per heavy atom. The summed E-state index contributed by atoms with van der Waals surface area (Å²) < 4.78 is 0. The third-order valence-corrected chi connectivity index (χ3v) is 8.12. The summed E-state index contributed by atoms with van der Waals surface area (Å²) in [4.78, 5) is 129. The van der Waals surface area contributed by atoms with E-state index in [0.717, 1.165) is 6.92 Å². The van der Waals surface area contributed by atoms with Crippen LogP contribution in [0, 0.1) is 5.92 Å². The van der Waals surface area contributed by atoms with Crippen LogP contribution in [0.25, 0.3) is 0 Å². The highest BCUT2D eigenvalue weighted by Crippen LogP contribution is 2.08. The number of aliphatic hydroxyl groups is 5. The second kappa shape index (κ2) is 22.0. The fourth-order valence-corrected chi connectivity index (χ4v) is 4.61. The first kappa shape index (κ1) is 48.3. The summed E-state index contributed by atoms with van der Waals surface area (Å²) in [5.41, 5.74) is 5.19. The van der Waals surface area contributed by atoms with Crippen LogP contribution in [0.2, 0.25) is 0 Å². The van der Waals surface area contributed by atoms with Crippen LogP contribution in [0.5, 0.6) is 0 Å². The molecule has 0 bridgehead atoms. The predicted octanol–water partition coefficient (Wildman–Crippen LogP) is -9.21. The van der Waals surface area contributed by atoms with Gasteiger partial charge >= 0.3 is 5.97 Å². The standard InChI is InChI=1S/C31H49N9O16/c1-6-11(4)23(47)33-7-13-24(48)36-14(9-41)25(49)37-16(10(2)3)28(52)39-18(20(44)21(45)22(32)46)29(53)38-17(12(5)42)27(51)34-8-15(43)26(50)40-19(31(55)56)30(54)35-13/h6,10,12-21,41-45H,7-9H2,1-5H3,(H2,32,46)(H,33,47)(H,34,51)(H,35,54)(H,36,48)(H,37,49)(H,38,53)(H,39,52)(H,40,50)(H,55,56)/b11-6+. The SMILES string of the molecule is C/C=C(\C)C(=O)NCC1NC(=O)C(C(=O)O)NC(=O)C(O)CNC(=O)C(C(C)O)NC(=O)C(C(O)C(O)C(N)=O)NC(=O)C(C(C)C)NC(=O)C(CO)NC1=O. The minimum Gasteiger partial charge on any atom is -0.479 e. The second-order valence-electron chi connectivity index (χ2n) is 12.8. The molecule has 314 valence electrons. The zero-order valence-corrected chi connectivity index (χ0v) is 30.9. The molecular weight excluding hydrogens is 754 g/mol. The molecule has 16 N–H and O–H groups in total. The summed E-state index contributed by atoms with van der Waals surface area (Å²) in [5, 5.41) is 77.4. The van der Waals surface area contributed by atoms with E-state index < -0.39 is 145 Å². The fourth-order valence-electron chi connectivity index (χ4n) is 4.61. The summed E-state index contributed by atoms with van der Waals surface area (Å²) in [5.74, 6) is -15.1. The molecule has 10 atom stereocenters. The zero-order valence-electron chi connectivity index (χ0n) is 30.9. The summed E-state index contributed by atoms with van der Waals surface area (Å²) in [6.07, 6.45) is -7.76. The van der Waals surface area contributed by atoms with Crippen molar-refractivity contribution < 1.29 is 78.6 Å². The number of aliphatic hydroxyl groups excluding tert-OH is 5. The molecule has 1 aliphatic rings. The highest BCUT2D eigenvalue weighted by atomic mass is 16.4. The molecule has 25 nitrogen and oxygen atoms in total. The Labute approximate surface area is 318 Å². The smallest absolute Gasteiger partial charge is 0.336 e. The third-order valence-electron chi connectivity index (χ3n) is 8.12. The van der Waals surface area contributed by atoms with E-state index in [0.29, 0.717) is 0 Å². The number of carbonyl (C=O) groups excluding carboxylic acids is 9. The quantitative estimate of drug-likeness (QED) is 0.0720. The van der Waals surface area contributed by atoms with E-state index in [1.54, 1.807) is 5.32 Å². The van der Waals surface area contributed by atoms with E-state index in [4.69, 9.17) is 5.73 Å². The van der Waals surface area contributed by atoms with E-state index in [1.165, 1.54) is 33.8 Å². The predicted molar refractivity (Wildman–Crippen MR) is 185 cm³/mol. The number of nitrogens with one attached hydrogen (secondary N) is 8. The molecule has 1 fully saturated rings. The third kappa shape index (κ3) is 13.8. The lowest BCUT2D eigenvalue weighted by Crippen LogP contribution is -2.66. The van der Waals surface area contributed by atoms with Crippen molar-refractivity contribution in [2.45, 2.75) is 95.3 Å². The first-order valence-electron chi connectivity index (χ1n) is 16.8. The Morgan fingerprint density at radius 3 is 1.79 bits per heavy atom. The second-order valence-corrected chi connectivity index (χ2v) is 12.8. The molecule has 1 heterocycles. The Balaban J connectivity index is 3.81. The number of β-amino-alcohol motifs (C(OH)–C–C–N with tert-alkyl or cyclic N) is 1. The molecule has 56 heavy (non-hydrogen) atoms. The average Bonchev–Trinajstić information content (AvgIpc) is 3.13. The molecule has 0 aromatic heterocycles. The van der Waals surface area contributed by atoms with Gasteiger partial charge in [0.05, 0.1) is 19.3 Å². The zero-order chi connectivity index (χ0) is 43.2. The van der Waals surface area contributed by atoms with Gasteiger partial charge in [-0.25, -0.2) is 4.79 Å². The van der Waals surface area contributed by atoms with Crippen LogP contribution in [0.3, 0.4) is 0 Å². The maximum atomic E-state index is 13.5. The van der Waals surface area contributed by atoms with E-state index in [9.17, 15) is 78.6 Å². The van der Waals surface area contributed by atoms with Crippen LogP contribution in [-0.2, 0) is 47.9 Å². The number of hydrogen-bond acceptors (Lipinski definition) is 15. The van der Waals surface area contributed by atoms with Crippen LogP contribution in [-0.4, -0.2) is 170 Å². The van der Waals surface area contributed by atoms with E-state index in [1.807, 2.05) is 21.3 Å². The van der Waals surface area contributed by atoms with Crippen LogP contribution in [0.1, 0.15) is 34.6 Å². The molecule has 0 aliphatic carbocycles. The van der Waals surface area contributed by atoms with Crippen LogP contribution in [0.15, 0.2) is 11.6 Å². The number of allylic oxidation sites excluding steroid dienone is 1. The normalized spacial score (nSPS) is 27.2. The highest BCUT2D eigenvalue weighted by molar-refractivity contribution is 6.06. The van der Waals surface area contributed by atoms with Gasteiger partial charge in [0, 0.05) is 12.1 Å². The van der Waals surface area contributed by atoms with Gasteiger partial charge in [-0.1, -0.05) is 19.9 Å². The molecule has 1 saturated heterocycles. The number of rotatable bonds is 10. The number of carboxylic acid groups (broad SMARTS) is 1. The van der Waals surface area contributed by atoms with Crippen molar-refractivity contribution >= 4 is 59.1 Å². The average molecular weight is 804 g/mol. The van der Waals surface area contributed by atoms with Gasteiger partial charge in [-0.3, -0.25) is 43.2 Å². The van der Waals surface area contributed by atoms with Gasteiger partial charge in [-0.15, -0.1) is 0 Å². The Kier molecular flexibility index (Phi) is 18.9. The minimum absolute atomic E-state index is 0.147. The number of amides is 9. The highest BCUT2D eigenvalue weighted by Gasteiger charge is 2.41. The molecule has 25 heteroatoms. The Bertz CT molecular complexity index is 1550. The number of primary amides is 1. The number of hydrogen-bond donors (Lipinski definition) is 15. The van der Waals surface area contributed by atoms with Gasteiger partial charge in [-0.05, 0) is 26.7 Å². The number of carbonyl (C=O) groups is 10. The molecular formula is C31H49N9O16. The lowest BCUT2D eigenvalue weighted by molar-refractivity contribution is -0.148. The lowest BCUT2D eigenvalue weighted by Gasteiger charge is -2.31. The van der Waals surface area contributed by atoms with Crippen LogP contribution < -0.4 is 48.3 Å². The van der Waals surface area contributed by atoms with E-state index >= 15 is 0 Å². The van der Waals surface area contributed by atoms with Crippen LogP contribution >= 0.6 is 0 Å². The largest absolute Gasteiger partial charge is 0.479 e. The number of aliphatic carboxylic acids is 1. The van der Waals surface area contributed by atoms with Gasteiger partial charge in [0.1, 0.15) is 42.4 Å². The number of nitrogens with two attached hydrogens (primary N) is 1. The van der Waals surface area contributed by atoms with Gasteiger partial charge in [0.15, 0.2) is 6.10 Å². The minimum atomic E-state index is -2.53. The monoisotopic (exact) mass is 803 g/mol. The summed E-state index contributed by atoms with van der Waals surface area (Å²) >= 11 is 0. The lowest BCUT2D eigenvalue weighted by atomic mass is 9.99. The van der Waals surface area contributed by atoms with Crippen molar-refractivity contribution in [2.75, 3.05) is 19.7 Å². The Hall–Kier alpha value is -5.76. The topological polar surface area (TPSA) is 414 Å². The molecule has 0 aromatic carbocycles. The van der Waals surface area contributed by atoms with Crippen molar-refractivity contribution in [3.63, 3.8) is 0 Å². The van der Waals surface area contributed by atoms with Gasteiger partial charge < -0.3 is 78.9 Å². The fraction of sp³-hybridized carbons (Fsp3) is 0.613. The first-order chi connectivity index (χ1) is 26.0. The molecule has 0 spiro atoms. The molecule has 1 rings (SSSR count). The molecule has 0 radical (unpaired) electrons. The van der Waals surface area contributed by atoms with Gasteiger partial charge in [0.25, 0.3) is 11.8 Å². The van der Waals surface area contributed by atoms with Crippen molar-refractivity contribution in [3.05, 3.63) is 11.6 Å². The Morgan fingerprint density at radius 2 is 1.29 bits per heavy atom. The van der Waals surface area contributed by atoms with Crippen molar-refractivity contribution in [3.8, 4) is 0 Å². The molecule has 0 saturated carbocycles. The summed E-state index contributed by atoms with van der Waals surface area (Å²) in [6, 6.07) is -12.4. The molecule has 0 aromatic rings. The van der Waals surface area contributed by atoms with Crippen molar-refractivity contribution in [2.24, 2.45) is 11.7 Å². The van der Waals surface area contributed by atoms with E-state index in [-0.39, 0.29) is 5.57 Å². The van der Waals surface area contributed by atoms with Crippen molar-refractivity contribution in [1.29, 1.82) is 0 Å². The molecule has 9 amide bonds.